The van der Waals surface area contributed by atoms with Gasteiger partial charge in [0.15, 0.2) is 0 Å². The SMILES string of the molecule is O=C(OCCCCO)OC(CCl)CCCO. The third-order valence-corrected chi connectivity index (χ3v) is 2.24. The van der Waals surface area contributed by atoms with Crippen molar-refractivity contribution >= 4 is 17.8 Å². The molecule has 1 unspecified atom stereocenters. The second-order valence-electron chi connectivity index (χ2n) is 3.29. The van der Waals surface area contributed by atoms with Crippen molar-refractivity contribution in [2.75, 3.05) is 25.7 Å². The molecular formula is C10H19ClO5. The lowest BCUT2D eigenvalue weighted by molar-refractivity contribution is 0.0244. The van der Waals surface area contributed by atoms with Gasteiger partial charge in [0.25, 0.3) is 0 Å². The molecule has 16 heavy (non-hydrogen) atoms. The highest BCUT2D eigenvalue weighted by atomic mass is 35.5. The number of hydrogen-bond acceptors (Lipinski definition) is 5. The van der Waals surface area contributed by atoms with E-state index in [2.05, 4.69) is 0 Å². The third-order valence-electron chi connectivity index (χ3n) is 1.89. The van der Waals surface area contributed by atoms with Crippen LogP contribution in [0.25, 0.3) is 0 Å². The van der Waals surface area contributed by atoms with E-state index in [1.807, 2.05) is 0 Å². The maximum absolute atomic E-state index is 11.1. The lowest BCUT2D eigenvalue weighted by Crippen LogP contribution is -2.21. The lowest BCUT2D eigenvalue weighted by atomic mass is 10.2. The van der Waals surface area contributed by atoms with Crippen LogP contribution < -0.4 is 0 Å². The maximum Gasteiger partial charge on any atom is 0.508 e. The minimum Gasteiger partial charge on any atom is -0.434 e. The Balaban J connectivity index is 3.57. The van der Waals surface area contributed by atoms with Crippen LogP contribution in [0.5, 0.6) is 0 Å². The second-order valence-corrected chi connectivity index (χ2v) is 3.60. The molecule has 0 aromatic rings. The first-order valence-corrected chi connectivity index (χ1v) is 5.89. The summed E-state index contributed by atoms with van der Waals surface area (Å²) in [5, 5.41) is 17.1. The van der Waals surface area contributed by atoms with Gasteiger partial charge in [-0.25, -0.2) is 4.79 Å². The minimum atomic E-state index is -0.749. The van der Waals surface area contributed by atoms with Gasteiger partial charge in [0.1, 0.15) is 6.10 Å². The molecule has 0 amide bonds. The average molecular weight is 255 g/mol. The number of aliphatic hydroxyl groups is 2. The fourth-order valence-corrected chi connectivity index (χ4v) is 1.24. The van der Waals surface area contributed by atoms with Crippen molar-refractivity contribution in [1.82, 2.24) is 0 Å². The van der Waals surface area contributed by atoms with Gasteiger partial charge in [0, 0.05) is 13.2 Å². The molecule has 5 nitrogen and oxygen atoms in total. The molecule has 0 aliphatic rings. The largest absolute Gasteiger partial charge is 0.508 e. The van der Waals surface area contributed by atoms with E-state index in [0.29, 0.717) is 25.7 Å². The zero-order valence-electron chi connectivity index (χ0n) is 9.23. The first-order valence-electron chi connectivity index (χ1n) is 5.35. The molecule has 2 N–H and O–H groups in total. The quantitative estimate of drug-likeness (QED) is 0.368. The van der Waals surface area contributed by atoms with E-state index in [0.717, 1.165) is 0 Å². The van der Waals surface area contributed by atoms with Gasteiger partial charge in [0.05, 0.1) is 12.5 Å². The van der Waals surface area contributed by atoms with Crippen molar-refractivity contribution in [2.45, 2.75) is 31.8 Å². The van der Waals surface area contributed by atoms with Gasteiger partial charge in [-0.3, -0.25) is 0 Å². The van der Waals surface area contributed by atoms with Crippen molar-refractivity contribution < 1.29 is 24.5 Å². The van der Waals surface area contributed by atoms with Crippen LogP contribution >= 0.6 is 11.6 Å². The van der Waals surface area contributed by atoms with Gasteiger partial charge >= 0.3 is 6.16 Å². The Morgan fingerprint density at radius 2 is 1.88 bits per heavy atom. The summed E-state index contributed by atoms with van der Waals surface area (Å²) in [4.78, 5) is 11.1. The Kier molecular flexibility index (Phi) is 10.6. The van der Waals surface area contributed by atoms with E-state index in [-0.39, 0.29) is 25.7 Å². The molecule has 96 valence electrons. The molecule has 1 atom stereocenters. The molecule has 0 radical (unpaired) electrons. The topological polar surface area (TPSA) is 76.0 Å². The molecule has 6 heteroatoms. The maximum atomic E-state index is 11.1. The monoisotopic (exact) mass is 254 g/mol. The number of halogens is 1. The summed E-state index contributed by atoms with van der Waals surface area (Å²) in [6.07, 6.45) is 1.09. The number of alkyl halides is 1. The van der Waals surface area contributed by atoms with Crippen molar-refractivity contribution in [3.8, 4) is 0 Å². The summed E-state index contributed by atoms with van der Waals surface area (Å²) in [6.45, 7) is 0.357. The summed E-state index contributed by atoms with van der Waals surface area (Å²) >= 11 is 5.58. The number of ether oxygens (including phenoxy) is 2. The van der Waals surface area contributed by atoms with Gasteiger partial charge in [0.2, 0.25) is 0 Å². The number of carbonyl (C=O) groups is 1. The Bertz CT molecular complexity index is 177. The number of carbonyl (C=O) groups excluding carboxylic acids is 1. The van der Waals surface area contributed by atoms with Gasteiger partial charge in [-0.2, -0.15) is 0 Å². The first kappa shape index (κ1) is 15.5. The fraction of sp³-hybridized carbons (Fsp3) is 0.900. The summed E-state index contributed by atoms with van der Waals surface area (Å²) in [5.74, 6) is 0.186. The van der Waals surface area contributed by atoms with Gasteiger partial charge in [-0.05, 0) is 25.7 Å². The van der Waals surface area contributed by atoms with Crippen LogP contribution in [0.1, 0.15) is 25.7 Å². The highest BCUT2D eigenvalue weighted by Gasteiger charge is 2.13. The van der Waals surface area contributed by atoms with E-state index in [9.17, 15) is 4.79 Å². The molecule has 0 saturated heterocycles. The van der Waals surface area contributed by atoms with Crippen LogP contribution in [0.4, 0.5) is 4.79 Å². The lowest BCUT2D eigenvalue weighted by Gasteiger charge is -2.14. The second kappa shape index (κ2) is 11.0. The summed E-state index contributed by atoms with van der Waals surface area (Å²) in [5.41, 5.74) is 0. The Hall–Kier alpha value is -0.520. The van der Waals surface area contributed by atoms with Gasteiger partial charge in [-0.1, -0.05) is 0 Å². The predicted molar refractivity (Wildman–Crippen MR) is 59.6 cm³/mol. The van der Waals surface area contributed by atoms with E-state index < -0.39 is 12.3 Å². The van der Waals surface area contributed by atoms with E-state index >= 15 is 0 Å². The number of aliphatic hydroxyl groups excluding tert-OH is 2. The molecule has 0 aliphatic carbocycles. The van der Waals surface area contributed by atoms with Gasteiger partial charge < -0.3 is 19.7 Å². The molecule has 0 fully saturated rings. The first-order chi connectivity index (χ1) is 7.74. The van der Waals surface area contributed by atoms with E-state index in [4.69, 9.17) is 31.3 Å². The third kappa shape index (κ3) is 8.76. The minimum absolute atomic E-state index is 0.0439. The van der Waals surface area contributed by atoms with Crippen LogP contribution in [0.2, 0.25) is 0 Å². The zero-order valence-corrected chi connectivity index (χ0v) is 9.99. The Morgan fingerprint density at radius 1 is 1.19 bits per heavy atom. The van der Waals surface area contributed by atoms with Gasteiger partial charge in [-0.15, -0.1) is 11.6 Å². The van der Waals surface area contributed by atoms with Crippen molar-refractivity contribution in [3.63, 3.8) is 0 Å². The fourth-order valence-electron chi connectivity index (χ4n) is 1.03. The Morgan fingerprint density at radius 3 is 2.44 bits per heavy atom. The van der Waals surface area contributed by atoms with Crippen molar-refractivity contribution in [1.29, 1.82) is 0 Å². The molecule has 0 aromatic heterocycles. The standard InChI is InChI=1S/C10H19ClO5/c11-8-9(4-3-6-13)16-10(14)15-7-2-1-5-12/h9,12-13H,1-8H2. The van der Waals surface area contributed by atoms with Crippen LogP contribution in [-0.4, -0.2) is 48.2 Å². The Labute approximate surface area is 100 Å². The summed E-state index contributed by atoms with van der Waals surface area (Å²) in [7, 11) is 0. The average Bonchev–Trinajstić information content (AvgIpc) is 2.30. The molecule has 0 saturated carbocycles. The normalized spacial score (nSPS) is 12.2. The summed E-state index contributed by atoms with van der Waals surface area (Å²) < 4.78 is 9.68. The zero-order chi connectivity index (χ0) is 12.2. The molecular weight excluding hydrogens is 236 g/mol. The number of unbranched alkanes of at least 4 members (excludes halogenated alkanes) is 1. The highest BCUT2D eigenvalue weighted by molar-refractivity contribution is 6.18. The van der Waals surface area contributed by atoms with Crippen LogP contribution in [0, 0.1) is 0 Å². The van der Waals surface area contributed by atoms with E-state index in [1.165, 1.54) is 0 Å². The smallest absolute Gasteiger partial charge is 0.434 e. The van der Waals surface area contributed by atoms with Crippen LogP contribution in [0.3, 0.4) is 0 Å². The molecule has 0 heterocycles. The molecule has 0 spiro atoms. The summed E-state index contributed by atoms with van der Waals surface area (Å²) in [6, 6.07) is 0. The molecule has 0 aliphatic heterocycles. The number of rotatable bonds is 9. The van der Waals surface area contributed by atoms with Crippen molar-refractivity contribution in [3.05, 3.63) is 0 Å². The van der Waals surface area contributed by atoms with Crippen molar-refractivity contribution in [2.24, 2.45) is 0 Å². The molecule has 0 rings (SSSR count). The molecule has 0 aromatic carbocycles. The van der Waals surface area contributed by atoms with Crippen LogP contribution in [-0.2, 0) is 9.47 Å². The predicted octanol–water partition coefficient (Wildman–Crippen LogP) is 1.29. The highest BCUT2D eigenvalue weighted by Crippen LogP contribution is 2.06. The molecule has 0 bridgehead atoms. The van der Waals surface area contributed by atoms with E-state index in [1.54, 1.807) is 0 Å². The number of hydrogen-bond donors (Lipinski definition) is 2. The van der Waals surface area contributed by atoms with Crippen LogP contribution in [0.15, 0.2) is 0 Å².